The Bertz CT molecular complexity index is 952. The number of rotatable bonds is 5. The van der Waals surface area contributed by atoms with Crippen LogP contribution in [0.25, 0.3) is 11.1 Å². The van der Waals surface area contributed by atoms with Crippen molar-refractivity contribution in [1.82, 2.24) is 0 Å². The van der Waals surface area contributed by atoms with Crippen molar-refractivity contribution >= 4 is 28.6 Å². The summed E-state index contributed by atoms with van der Waals surface area (Å²) in [5.41, 5.74) is 3.56. The molecule has 0 fully saturated rings. The van der Waals surface area contributed by atoms with E-state index in [0.717, 1.165) is 22.6 Å². The summed E-state index contributed by atoms with van der Waals surface area (Å²) in [7, 11) is 0. The average molecular weight is 364 g/mol. The number of amides is 1. The number of hydrogen-bond acceptors (Lipinski definition) is 5. The van der Waals surface area contributed by atoms with Gasteiger partial charge in [-0.25, -0.2) is 0 Å². The predicted molar refractivity (Wildman–Crippen MR) is 102 cm³/mol. The third-order valence-electron chi connectivity index (χ3n) is 4.27. The molecular formula is C20H16N2O3S. The minimum Gasteiger partial charge on any atom is -0.492 e. The van der Waals surface area contributed by atoms with Crippen LogP contribution in [0.3, 0.4) is 0 Å². The third kappa shape index (κ3) is 2.95. The van der Waals surface area contributed by atoms with E-state index in [9.17, 15) is 10.0 Å². The number of ether oxygens (including phenoxy) is 1. The Morgan fingerprint density at radius 3 is 2.65 bits per heavy atom. The third-order valence-corrected chi connectivity index (χ3v) is 4.96. The number of carbonyl (C=O) groups excluding carboxylic acids is 1. The van der Waals surface area contributed by atoms with Crippen LogP contribution in [-0.2, 0) is 4.79 Å². The average Bonchev–Trinajstić information content (AvgIpc) is 3.29. The molecular weight excluding hydrogens is 348 g/mol. The van der Waals surface area contributed by atoms with Gasteiger partial charge in [-0.05, 0) is 52.2 Å². The minimum atomic E-state index is -0.318. The van der Waals surface area contributed by atoms with E-state index in [1.54, 1.807) is 16.2 Å². The molecule has 3 aromatic rings. The Morgan fingerprint density at radius 2 is 1.92 bits per heavy atom. The van der Waals surface area contributed by atoms with Crippen molar-refractivity contribution < 1.29 is 14.7 Å². The number of carbonyl (C=O) groups is 1. The number of para-hydroxylation sites is 1. The van der Waals surface area contributed by atoms with Crippen molar-refractivity contribution in [3.63, 3.8) is 0 Å². The maximum Gasteiger partial charge on any atom is 0.281 e. The zero-order valence-corrected chi connectivity index (χ0v) is 14.6. The smallest absolute Gasteiger partial charge is 0.281 e. The van der Waals surface area contributed by atoms with Crippen LogP contribution in [0.4, 0.5) is 5.69 Å². The lowest BCUT2D eigenvalue weighted by Gasteiger charge is -2.17. The number of anilines is 1. The second-order valence-corrected chi connectivity index (χ2v) is 6.59. The van der Waals surface area contributed by atoms with E-state index >= 15 is 0 Å². The van der Waals surface area contributed by atoms with Crippen LogP contribution < -0.4 is 9.64 Å². The van der Waals surface area contributed by atoms with E-state index in [2.05, 4.69) is 10.5 Å². The highest BCUT2D eigenvalue weighted by atomic mass is 32.1. The topological polar surface area (TPSA) is 62.1 Å². The number of oxime groups is 1. The fourth-order valence-corrected chi connectivity index (χ4v) is 3.67. The van der Waals surface area contributed by atoms with Gasteiger partial charge in [0.15, 0.2) is 5.71 Å². The zero-order valence-electron chi connectivity index (χ0n) is 13.8. The van der Waals surface area contributed by atoms with Crippen molar-refractivity contribution in [2.75, 3.05) is 18.1 Å². The van der Waals surface area contributed by atoms with Gasteiger partial charge in [-0.3, -0.25) is 4.79 Å². The summed E-state index contributed by atoms with van der Waals surface area (Å²) in [5, 5.41) is 16.5. The molecule has 2 heterocycles. The van der Waals surface area contributed by atoms with Crippen molar-refractivity contribution in [2.45, 2.75) is 0 Å². The molecule has 1 aromatic heterocycles. The van der Waals surface area contributed by atoms with Gasteiger partial charge in [0.2, 0.25) is 0 Å². The fourth-order valence-electron chi connectivity index (χ4n) is 3.01. The Labute approximate surface area is 154 Å². The van der Waals surface area contributed by atoms with Crippen LogP contribution in [0.15, 0.2) is 70.5 Å². The monoisotopic (exact) mass is 364 g/mol. The lowest BCUT2D eigenvalue weighted by Crippen LogP contribution is -2.33. The van der Waals surface area contributed by atoms with Crippen LogP contribution in [-0.4, -0.2) is 30.0 Å². The van der Waals surface area contributed by atoms with Gasteiger partial charge in [-0.2, -0.15) is 11.3 Å². The summed E-state index contributed by atoms with van der Waals surface area (Å²) in [6, 6.07) is 17.2. The molecule has 0 saturated carbocycles. The summed E-state index contributed by atoms with van der Waals surface area (Å²) in [6.45, 7) is 0.712. The molecule has 130 valence electrons. The minimum absolute atomic E-state index is 0.0663. The molecule has 1 aliphatic heterocycles. The van der Waals surface area contributed by atoms with E-state index in [1.807, 2.05) is 60.0 Å². The van der Waals surface area contributed by atoms with Gasteiger partial charge in [0.05, 0.1) is 12.2 Å². The maximum absolute atomic E-state index is 12.6. The zero-order chi connectivity index (χ0) is 17.9. The molecule has 0 bridgehead atoms. The van der Waals surface area contributed by atoms with Gasteiger partial charge in [0.1, 0.15) is 12.4 Å². The molecule has 1 amide bonds. The first-order valence-corrected chi connectivity index (χ1v) is 9.11. The number of fused-ring (bicyclic) bond motifs is 1. The number of thiophene rings is 1. The van der Waals surface area contributed by atoms with Crippen LogP contribution in [0.2, 0.25) is 0 Å². The van der Waals surface area contributed by atoms with Crippen molar-refractivity contribution in [2.24, 2.45) is 5.16 Å². The molecule has 4 rings (SSSR count). The lowest BCUT2D eigenvalue weighted by molar-refractivity contribution is -0.112. The van der Waals surface area contributed by atoms with E-state index in [4.69, 9.17) is 4.74 Å². The molecule has 5 nitrogen and oxygen atoms in total. The quantitative estimate of drug-likeness (QED) is 0.549. The Morgan fingerprint density at radius 1 is 1.08 bits per heavy atom. The van der Waals surface area contributed by atoms with E-state index < -0.39 is 0 Å². The molecule has 0 atom stereocenters. The Balaban J connectivity index is 1.59. The van der Waals surface area contributed by atoms with E-state index in [1.165, 1.54) is 0 Å². The summed E-state index contributed by atoms with van der Waals surface area (Å²) in [6.07, 6.45) is 0. The molecule has 0 aliphatic carbocycles. The number of benzene rings is 2. The SMILES string of the molecule is O=C1/C(=N/O)c2ccc(-c3ccsc3)cc2N1CCOc1ccccc1. The van der Waals surface area contributed by atoms with E-state index in [0.29, 0.717) is 18.7 Å². The molecule has 0 unspecified atom stereocenters. The largest absolute Gasteiger partial charge is 0.492 e. The van der Waals surface area contributed by atoms with Gasteiger partial charge >= 0.3 is 0 Å². The second-order valence-electron chi connectivity index (χ2n) is 5.81. The molecule has 0 radical (unpaired) electrons. The van der Waals surface area contributed by atoms with Crippen molar-refractivity contribution in [1.29, 1.82) is 0 Å². The fraction of sp³-hybridized carbons (Fsp3) is 0.100. The highest BCUT2D eigenvalue weighted by Crippen LogP contribution is 2.34. The number of nitrogens with zero attached hydrogens (tertiary/aromatic N) is 2. The normalized spacial score (nSPS) is 14.7. The predicted octanol–water partition coefficient (Wildman–Crippen LogP) is 4.02. The molecule has 1 aliphatic rings. The molecule has 0 spiro atoms. The summed E-state index contributed by atoms with van der Waals surface area (Å²) in [5.74, 6) is 0.434. The summed E-state index contributed by atoms with van der Waals surface area (Å²) >= 11 is 1.62. The molecule has 6 heteroatoms. The van der Waals surface area contributed by atoms with Gasteiger partial charge in [-0.15, -0.1) is 0 Å². The van der Waals surface area contributed by atoms with Gasteiger partial charge < -0.3 is 14.8 Å². The van der Waals surface area contributed by atoms with E-state index in [-0.39, 0.29) is 11.6 Å². The molecule has 1 N–H and O–H groups in total. The van der Waals surface area contributed by atoms with Crippen LogP contribution in [0, 0.1) is 0 Å². The summed E-state index contributed by atoms with van der Waals surface area (Å²) in [4.78, 5) is 14.2. The first-order chi connectivity index (χ1) is 12.8. The van der Waals surface area contributed by atoms with Gasteiger partial charge in [0, 0.05) is 5.56 Å². The van der Waals surface area contributed by atoms with Crippen LogP contribution in [0.5, 0.6) is 5.75 Å². The van der Waals surface area contributed by atoms with Gasteiger partial charge in [0.25, 0.3) is 5.91 Å². The Kier molecular flexibility index (Phi) is 4.41. The highest BCUT2D eigenvalue weighted by Gasteiger charge is 2.34. The lowest BCUT2D eigenvalue weighted by atomic mass is 10.0. The standard InChI is InChI=1S/C20H16N2O3S/c23-20-19(21-24)17-7-6-14(15-8-11-26-13-15)12-18(17)22(20)9-10-25-16-4-2-1-3-5-16/h1-8,11-13,24H,9-10H2/b21-19+. The first kappa shape index (κ1) is 16.4. The van der Waals surface area contributed by atoms with Crippen molar-refractivity contribution in [3.8, 4) is 16.9 Å². The molecule has 0 saturated heterocycles. The second kappa shape index (κ2) is 7.01. The maximum atomic E-state index is 12.6. The number of hydrogen-bond donors (Lipinski definition) is 1. The first-order valence-electron chi connectivity index (χ1n) is 8.16. The highest BCUT2D eigenvalue weighted by molar-refractivity contribution is 7.08. The Hall–Kier alpha value is -3.12. The van der Waals surface area contributed by atoms with Crippen molar-refractivity contribution in [3.05, 3.63) is 70.9 Å². The molecule has 26 heavy (non-hydrogen) atoms. The van der Waals surface area contributed by atoms with Crippen LogP contribution in [0.1, 0.15) is 5.56 Å². The van der Waals surface area contributed by atoms with Crippen LogP contribution >= 0.6 is 11.3 Å². The summed E-state index contributed by atoms with van der Waals surface area (Å²) < 4.78 is 5.71. The van der Waals surface area contributed by atoms with Gasteiger partial charge in [-0.1, -0.05) is 29.4 Å². The molecule has 2 aromatic carbocycles.